The van der Waals surface area contributed by atoms with Gasteiger partial charge in [-0.25, -0.2) is 4.79 Å². The fourth-order valence-electron chi connectivity index (χ4n) is 2.96. The number of ether oxygens (including phenoxy) is 1. The van der Waals surface area contributed by atoms with Crippen LogP contribution in [0.5, 0.6) is 0 Å². The van der Waals surface area contributed by atoms with Gasteiger partial charge in [0.15, 0.2) is 0 Å². The maximum Gasteiger partial charge on any atom is 0.328 e. The molecular weight excluding hydrogens is 382 g/mol. The number of rotatable bonds is 5. The lowest BCUT2D eigenvalue weighted by Crippen LogP contribution is -2.43. The molecule has 0 radical (unpaired) electrons. The number of aryl methyl sites for hydroxylation is 3. The first-order valence-electron chi connectivity index (χ1n) is 8.02. The molecule has 0 aliphatic rings. The number of esters is 1. The summed E-state index contributed by atoms with van der Waals surface area (Å²) in [6.45, 7) is 5.79. The van der Waals surface area contributed by atoms with E-state index in [4.69, 9.17) is 4.74 Å². The number of methoxy groups -OCH3 is 1. The summed E-state index contributed by atoms with van der Waals surface area (Å²) in [5.41, 5.74) is 4.43. The van der Waals surface area contributed by atoms with Gasteiger partial charge in [0.25, 0.3) is 5.91 Å². The molecule has 0 aliphatic heterocycles. The van der Waals surface area contributed by atoms with E-state index in [0.717, 1.165) is 26.7 Å². The molecule has 4 nitrogen and oxygen atoms in total. The number of hydrogen-bond acceptors (Lipinski definition) is 3. The quantitative estimate of drug-likeness (QED) is 0.770. The molecule has 0 aliphatic carbocycles. The normalized spacial score (nSPS) is 11.7. The first kappa shape index (κ1) is 19.2. The predicted octanol–water partition coefficient (Wildman–Crippen LogP) is 3.89. The molecule has 0 bridgehead atoms. The standard InChI is InChI=1S/C20H22BrNO3/c1-12-9-13(2)18(14(3)10-12)19(23)22-17(20(24)25-4)11-15-5-7-16(21)8-6-15/h5-10,17H,11H2,1-4H3,(H,22,23). The molecule has 1 unspecified atom stereocenters. The van der Waals surface area contributed by atoms with Gasteiger partial charge in [0.05, 0.1) is 7.11 Å². The summed E-state index contributed by atoms with van der Waals surface area (Å²) in [6.07, 6.45) is 0.371. The van der Waals surface area contributed by atoms with Gasteiger partial charge in [0.2, 0.25) is 0 Å². The maximum atomic E-state index is 12.7. The van der Waals surface area contributed by atoms with Gasteiger partial charge in [-0.05, 0) is 49.6 Å². The number of hydrogen-bond donors (Lipinski definition) is 1. The van der Waals surface area contributed by atoms with Crippen molar-refractivity contribution in [2.24, 2.45) is 0 Å². The van der Waals surface area contributed by atoms with E-state index in [1.807, 2.05) is 57.2 Å². The summed E-state index contributed by atoms with van der Waals surface area (Å²) in [6, 6.07) is 10.8. The van der Waals surface area contributed by atoms with E-state index >= 15 is 0 Å². The molecule has 0 spiro atoms. The van der Waals surface area contributed by atoms with E-state index in [9.17, 15) is 9.59 Å². The van der Waals surface area contributed by atoms with Crippen LogP contribution in [0.4, 0.5) is 0 Å². The highest BCUT2D eigenvalue weighted by molar-refractivity contribution is 9.10. The monoisotopic (exact) mass is 403 g/mol. The van der Waals surface area contributed by atoms with Crippen molar-refractivity contribution in [2.45, 2.75) is 33.2 Å². The summed E-state index contributed by atoms with van der Waals surface area (Å²) >= 11 is 3.39. The smallest absolute Gasteiger partial charge is 0.328 e. The van der Waals surface area contributed by atoms with Crippen LogP contribution in [0.1, 0.15) is 32.6 Å². The first-order chi connectivity index (χ1) is 11.8. The molecule has 0 saturated heterocycles. The molecule has 5 heteroatoms. The topological polar surface area (TPSA) is 55.4 Å². The third-order valence-electron chi connectivity index (χ3n) is 4.05. The lowest BCUT2D eigenvalue weighted by Gasteiger charge is -2.18. The van der Waals surface area contributed by atoms with Crippen LogP contribution in [0.2, 0.25) is 0 Å². The van der Waals surface area contributed by atoms with Crippen LogP contribution < -0.4 is 5.32 Å². The largest absolute Gasteiger partial charge is 0.467 e. The molecule has 0 saturated carbocycles. The second-order valence-corrected chi connectivity index (χ2v) is 7.07. The Bertz CT molecular complexity index is 761. The molecule has 0 fully saturated rings. The molecule has 25 heavy (non-hydrogen) atoms. The molecular formula is C20H22BrNO3. The van der Waals surface area contributed by atoms with Crippen molar-refractivity contribution in [3.05, 3.63) is 68.7 Å². The fourth-order valence-corrected chi connectivity index (χ4v) is 3.22. The first-order valence-corrected chi connectivity index (χ1v) is 8.82. The Kier molecular flexibility index (Phi) is 6.37. The minimum Gasteiger partial charge on any atom is -0.467 e. The molecule has 2 rings (SSSR count). The Labute approximate surface area is 156 Å². The average molecular weight is 404 g/mol. The van der Waals surface area contributed by atoms with E-state index in [1.165, 1.54) is 7.11 Å². The number of carbonyl (C=O) groups excluding carboxylic acids is 2. The van der Waals surface area contributed by atoms with Crippen LogP contribution in [0.25, 0.3) is 0 Å². The van der Waals surface area contributed by atoms with Crippen LogP contribution in [0, 0.1) is 20.8 Å². The van der Waals surface area contributed by atoms with Gasteiger partial charge >= 0.3 is 5.97 Å². The zero-order valence-electron chi connectivity index (χ0n) is 14.9. The van der Waals surface area contributed by atoms with E-state index in [-0.39, 0.29) is 5.91 Å². The van der Waals surface area contributed by atoms with Crippen LogP contribution in [0.15, 0.2) is 40.9 Å². The number of halogens is 1. The van der Waals surface area contributed by atoms with E-state index < -0.39 is 12.0 Å². The highest BCUT2D eigenvalue weighted by Gasteiger charge is 2.24. The SMILES string of the molecule is COC(=O)C(Cc1ccc(Br)cc1)NC(=O)c1c(C)cc(C)cc1C. The van der Waals surface area contributed by atoms with Crippen molar-refractivity contribution in [1.29, 1.82) is 0 Å². The third kappa shape index (κ3) is 4.92. The molecule has 1 atom stereocenters. The van der Waals surface area contributed by atoms with Gasteiger partial charge < -0.3 is 10.1 Å². The zero-order valence-corrected chi connectivity index (χ0v) is 16.4. The van der Waals surface area contributed by atoms with Crippen molar-refractivity contribution in [2.75, 3.05) is 7.11 Å². The zero-order chi connectivity index (χ0) is 18.6. The molecule has 2 aromatic rings. The van der Waals surface area contributed by atoms with Crippen molar-refractivity contribution in [1.82, 2.24) is 5.32 Å². The molecule has 0 aromatic heterocycles. The molecule has 1 N–H and O–H groups in total. The van der Waals surface area contributed by atoms with E-state index in [1.54, 1.807) is 0 Å². The van der Waals surface area contributed by atoms with Crippen molar-refractivity contribution in [3.8, 4) is 0 Å². The summed E-state index contributed by atoms with van der Waals surface area (Å²) in [5.74, 6) is -0.721. The summed E-state index contributed by atoms with van der Waals surface area (Å²) < 4.78 is 5.82. The van der Waals surface area contributed by atoms with Crippen LogP contribution in [-0.4, -0.2) is 25.0 Å². The van der Waals surface area contributed by atoms with Gasteiger partial charge in [-0.15, -0.1) is 0 Å². The summed E-state index contributed by atoms with van der Waals surface area (Å²) in [5, 5.41) is 2.82. The van der Waals surface area contributed by atoms with Crippen molar-refractivity contribution in [3.63, 3.8) is 0 Å². The second-order valence-electron chi connectivity index (χ2n) is 6.15. The van der Waals surface area contributed by atoms with Gasteiger partial charge in [-0.3, -0.25) is 4.79 Å². The number of benzene rings is 2. The number of amides is 1. The van der Waals surface area contributed by atoms with Crippen molar-refractivity contribution >= 4 is 27.8 Å². The lowest BCUT2D eigenvalue weighted by atomic mass is 9.98. The van der Waals surface area contributed by atoms with Gasteiger partial charge in [0.1, 0.15) is 6.04 Å². The summed E-state index contributed by atoms with van der Waals surface area (Å²) in [4.78, 5) is 24.9. The average Bonchev–Trinajstić information content (AvgIpc) is 2.54. The molecule has 2 aromatic carbocycles. The second kappa shape index (κ2) is 8.30. The lowest BCUT2D eigenvalue weighted by molar-refractivity contribution is -0.142. The Hall–Kier alpha value is -2.14. The van der Waals surface area contributed by atoms with E-state index in [0.29, 0.717) is 12.0 Å². The van der Waals surface area contributed by atoms with Crippen LogP contribution in [0.3, 0.4) is 0 Å². The van der Waals surface area contributed by atoms with Gasteiger partial charge in [-0.1, -0.05) is 45.8 Å². The minimum absolute atomic E-state index is 0.262. The number of nitrogens with one attached hydrogen (secondary N) is 1. The minimum atomic E-state index is -0.737. The van der Waals surface area contributed by atoms with Gasteiger partial charge in [-0.2, -0.15) is 0 Å². The highest BCUT2D eigenvalue weighted by Crippen LogP contribution is 2.17. The Balaban J connectivity index is 2.23. The Morgan fingerprint density at radius 2 is 1.64 bits per heavy atom. The van der Waals surface area contributed by atoms with E-state index in [2.05, 4.69) is 21.2 Å². The van der Waals surface area contributed by atoms with Crippen LogP contribution >= 0.6 is 15.9 Å². The third-order valence-corrected chi connectivity index (χ3v) is 4.58. The van der Waals surface area contributed by atoms with Crippen LogP contribution in [-0.2, 0) is 16.0 Å². The molecule has 1 amide bonds. The Morgan fingerprint density at radius 1 is 1.08 bits per heavy atom. The van der Waals surface area contributed by atoms with Crippen molar-refractivity contribution < 1.29 is 14.3 Å². The summed E-state index contributed by atoms with van der Waals surface area (Å²) in [7, 11) is 1.32. The van der Waals surface area contributed by atoms with Gasteiger partial charge in [0, 0.05) is 16.5 Å². The highest BCUT2D eigenvalue weighted by atomic mass is 79.9. The fraction of sp³-hybridized carbons (Fsp3) is 0.300. The predicted molar refractivity (Wildman–Crippen MR) is 102 cm³/mol. The Morgan fingerprint density at radius 3 is 2.16 bits per heavy atom. The molecule has 132 valence electrons. The number of carbonyl (C=O) groups is 2. The maximum absolute atomic E-state index is 12.7. The molecule has 0 heterocycles.